The van der Waals surface area contributed by atoms with Gasteiger partial charge in [0.25, 0.3) is 0 Å². The van der Waals surface area contributed by atoms with Crippen molar-refractivity contribution in [1.82, 2.24) is 4.98 Å². The first kappa shape index (κ1) is 14.5. The van der Waals surface area contributed by atoms with Gasteiger partial charge < -0.3 is 15.8 Å². The lowest BCUT2D eigenvalue weighted by Crippen LogP contribution is -2.24. The third-order valence-corrected chi connectivity index (χ3v) is 3.59. The van der Waals surface area contributed by atoms with Crippen LogP contribution >= 0.6 is 11.6 Å². The van der Waals surface area contributed by atoms with Crippen molar-refractivity contribution in [3.63, 3.8) is 0 Å². The highest BCUT2D eigenvalue weighted by molar-refractivity contribution is 6.30. The molecule has 1 aliphatic heterocycles. The molecule has 0 aliphatic carbocycles. The minimum Gasteiger partial charge on any atom is -0.447 e. The summed E-state index contributed by atoms with van der Waals surface area (Å²) >= 11 is 5.85. The molecule has 0 radical (unpaired) electrons. The van der Waals surface area contributed by atoms with Crippen molar-refractivity contribution in [2.75, 3.05) is 29.1 Å². The first-order valence-electron chi connectivity index (χ1n) is 6.82. The number of anilines is 3. The lowest BCUT2D eigenvalue weighted by atomic mass is 10.2. The number of rotatable bonds is 4. The SMILES string of the molecule is Nc1nc(NCc2ccc(Cl)cc2)ccc1N1CCOC1=O. The second kappa shape index (κ2) is 6.11. The average molecular weight is 319 g/mol. The van der Waals surface area contributed by atoms with Crippen LogP contribution in [-0.2, 0) is 11.3 Å². The summed E-state index contributed by atoms with van der Waals surface area (Å²) in [4.78, 5) is 17.3. The quantitative estimate of drug-likeness (QED) is 0.906. The molecule has 6 nitrogen and oxygen atoms in total. The van der Waals surface area contributed by atoms with E-state index >= 15 is 0 Å². The van der Waals surface area contributed by atoms with Crippen LogP contribution in [0.1, 0.15) is 5.56 Å². The van der Waals surface area contributed by atoms with Gasteiger partial charge in [0.1, 0.15) is 18.2 Å². The highest BCUT2D eigenvalue weighted by Gasteiger charge is 2.25. The van der Waals surface area contributed by atoms with E-state index in [1.54, 1.807) is 12.1 Å². The number of benzene rings is 1. The summed E-state index contributed by atoms with van der Waals surface area (Å²) in [6.07, 6.45) is -0.393. The molecule has 22 heavy (non-hydrogen) atoms. The van der Waals surface area contributed by atoms with Gasteiger partial charge in [-0.05, 0) is 29.8 Å². The molecule has 0 bridgehead atoms. The van der Waals surface area contributed by atoms with Gasteiger partial charge in [0, 0.05) is 11.6 Å². The number of ether oxygens (including phenoxy) is 1. The molecule has 1 fully saturated rings. The van der Waals surface area contributed by atoms with E-state index in [4.69, 9.17) is 22.1 Å². The van der Waals surface area contributed by atoms with Crippen molar-refractivity contribution < 1.29 is 9.53 Å². The maximum atomic E-state index is 11.5. The average Bonchev–Trinajstić information content (AvgIpc) is 2.93. The smallest absolute Gasteiger partial charge is 0.414 e. The van der Waals surface area contributed by atoms with E-state index < -0.39 is 6.09 Å². The standard InChI is InChI=1S/C15H15ClN4O2/c16-11-3-1-10(2-4-11)9-18-13-6-5-12(14(17)19-13)20-7-8-22-15(20)21/h1-6H,7-9H2,(H3,17,18,19). The number of nitrogens with one attached hydrogen (secondary N) is 1. The molecule has 1 aromatic heterocycles. The second-order valence-corrected chi connectivity index (χ2v) is 5.28. The number of carbonyl (C=O) groups excluding carboxylic acids is 1. The Labute approximate surface area is 132 Å². The lowest BCUT2D eigenvalue weighted by Gasteiger charge is -2.15. The number of pyridine rings is 1. The van der Waals surface area contributed by atoms with Crippen LogP contribution in [0.15, 0.2) is 36.4 Å². The molecule has 0 saturated carbocycles. The van der Waals surface area contributed by atoms with E-state index in [9.17, 15) is 4.79 Å². The highest BCUT2D eigenvalue weighted by Crippen LogP contribution is 2.26. The van der Waals surface area contributed by atoms with Crippen molar-refractivity contribution in [3.8, 4) is 0 Å². The summed E-state index contributed by atoms with van der Waals surface area (Å²) in [5, 5.41) is 3.88. The molecule has 2 heterocycles. The zero-order valence-electron chi connectivity index (χ0n) is 11.8. The van der Waals surface area contributed by atoms with E-state index in [1.165, 1.54) is 4.90 Å². The van der Waals surface area contributed by atoms with Crippen LogP contribution in [0, 0.1) is 0 Å². The van der Waals surface area contributed by atoms with Gasteiger partial charge in [0.15, 0.2) is 0 Å². The van der Waals surface area contributed by atoms with E-state index in [1.807, 2.05) is 24.3 Å². The largest absolute Gasteiger partial charge is 0.447 e. The molecule has 1 saturated heterocycles. The maximum Gasteiger partial charge on any atom is 0.414 e. The number of cyclic esters (lactones) is 1. The van der Waals surface area contributed by atoms with Crippen LogP contribution in [0.2, 0.25) is 5.02 Å². The summed E-state index contributed by atoms with van der Waals surface area (Å²) in [7, 11) is 0. The molecule has 3 N–H and O–H groups in total. The molecule has 7 heteroatoms. The molecule has 0 spiro atoms. The van der Waals surface area contributed by atoms with E-state index in [2.05, 4.69) is 10.3 Å². The Bertz CT molecular complexity index is 690. The van der Waals surface area contributed by atoms with Crippen LogP contribution in [0.25, 0.3) is 0 Å². The van der Waals surface area contributed by atoms with Crippen LogP contribution < -0.4 is 16.0 Å². The van der Waals surface area contributed by atoms with Crippen LogP contribution in [0.3, 0.4) is 0 Å². The Morgan fingerprint density at radius 3 is 2.68 bits per heavy atom. The van der Waals surface area contributed by atoms with Crippen LogP contribution in [0.4, 0.5) is 22.1 Å². The number of halogens is 1. The monoisotopic (exact) mass is 318 g/mol. The number of aromatic nitrogens is 1. The number of hydrogen-bond donors (Lipinski definition) is 2. The van der Waals surface area contributed by atoms with Gasteiger partial charge in [-0.25, -0.2) is 9.78 Å². The summed E-state index contributed by atoms with van der Waals surface area (Å²) < 4.78 is 4.90. The minimum atomic E-state index is -0.393. The van der Waals surface area contributed by atoms with Gasteiger partial charge in [-0.2, -0.15) is 0 Å². The molecule has 1 amide bonds. The predicted molar refractivity (Wildman–Crippen MR) is 86.1 cm³/mol. The molecule has 3 rings (SSSR count). The van der Waals surface area contributed by atoms with Crippen molar-refractivity contribution in [2.45, 2.75) is 6.54 Å². The number of nitrogens with two attached hydrogens (primary N) is 1. The van der Waals surface area contributed by atoms with Crippen LogP contribution in [-0.4, -0.2) is 24.2 Å². The summed E-state index contributed by atoms with van der Waals surface area (Å²) in [5.74, 6) is 0.934. The van der Waals surface area contributed by atoms with Crippen molar-refractivity contribution in [1.29, 1.82) is 0 Å². The Balaban J connectivity index is 1.69. The zero-order valence-corrected chi connectivity index (χ0v) is 12.5. The van der Waals surface area contributed by atoms with Gasteiger partial charge in [-0.1, -0.05) is 23.7 Å². The third kappa shape index (κ3) is 3.07. The van der Waals surface area contributed by atoms with Crippen LogP contribution in [0.5, 0.6) is 0 Å². The minimum absolute atomic E-state index is 0.292. The van der Waals surface area contributed by atoms with Gasteiger partial charge in [0.2, 0.25) is 0 Å². The number of nitrogen functional groups attached to an aromatic ring is 1. The number of carbonyl (C=O) groups is 1. The summed E-state index contributed by atoms with van der Waals surface area (Å²) in [6.45, 7) is 1.46. The van der Waals surface area contributed by atoms with E-state index in [0.717, 1.165) is 5.56 Å². The fourth-order valence-electron chi connectivity index (χ4n) is 2.20. The van der Waals surface area contributed by atoms with Crippen molar-refractivity contribution in [3.05, 3.63) is 47.0 Å². The van der Waals surface area contributed by atoms with Crippen molar-refractivity contribution in [2.24, 2.45) is 0 Å². The summed E-state index contributed by atoms with van der Waals surface area (Å²) in [5.41, 5.74) is 7.58. The van der Waals surface area contributed by atoms with Gasteiger partial charge in [-0.3, -0.25) is 4.90 Å². The second-order valence-electron chi connectivity index (χ2n) is 4.85. The third-order valence-electron chi connectivity index (χ3n) is 3.34. The molecular formula is C15H15ClN4O2. The number of nitrogens with zero attached hydrogens (tertiary/aromatic N) is 2. The molecule has 0 unspecified atom stereocenters. The highest BCUT2D eigenvalue weighted by atomic mass is 35.5. The first-order chi connectivity index (χ1) is 10.6. The Morgan fingerprint density at radius 2 is 2.05 bits per heavy atom. The van der Waals surface area contributed by atoms with Gasteiger partial charge in [-0.15, -0.1) is 0 Å². The van der Waals surface area contributed by atoms with Gasteiger partial charge >= 0.3 is 6.09 Å². The number of amides is 1. The maximum absolute atomic E-state index is 11.5. The molecule has 114 valence electrons. The number of hydrogen-bond acceptors (Lipinski definition) is 5. The van der Waals surface area contributed by atoms with Gasteiger partial charge in [0.05, 0.1) is 12.2 Å². The lowest BCUT2D eigenvalue weighted by molar-refractivity contribution is 0.181. The topological polar surface area (TPSA) is 80.5 Å². The van der Waals surface area contributed by atoms with E-state index in [-0.39, 0.29) is 0 Å². The molecular weight excluding hydrogens is 304 g/mol. The molecule has 0 atom stereocenters. The fourth-order valence-corrected chi connectivity index (χ4v) is 2.33. The molecule has 1 aromatic carbocycles. The Morgan fingerprint density at radius 1 is 1.27 bits per heavy atom. The fraction of sp³-hybridized carbons (Fsp3) is 0.200. The van der Waals surface area contributed by atoms with E-state index in [0.29, 0.717) is 42.0 Å². The summed E-state index contributed by atoms with van der Waals surface area (Å²) in [6, 6.07) is 11.1. The zero-order chi connectivity index (χ0) is 15.5. The Hall–Kier alpha value is -2.47. The Kier molecular flexibility index (Phi) is 4.02. The van der Waals surface area contributed by atoms with Crippen molar-refractivity contribution >= 4 is 35.0 Å². The molecule has 2 aromatic rings. The first-order valence-corrected chi connectivity index (χ1v) is 7.20. The predicted octanol–water partition coefficient (Wildman–Crippen LogP) is 2.89. The molecule has 1 aliphatic rings. The normalized spacial score (nSPS) is 14.0.